The number of carbonyl (C=O) groups excluding carboxylic acids is 1. The summed E-state index contributed by atoms with van der Waals surface area (Å²) in [5.41, 5.74) is 11.7. The van der Waals surface area contributed by atoms with Crippen molar-refractivity contribution in [1.29, 1.82) is 0 Å². The van der Waals surface area contributed by atoms with Crippen molar-refractivity contribution >= 4 is 17.4 Å². The van der Waals surface area contributed by atoms with E-state index in [1.807, 2.05) is 29.4 Å². The van der Waals surface area contributed by atoms with Crippen molar-refractivity contribution in [3.8, 4) is 11.1 Å². The fourth-order valence-corrected chi connectivity index (χ4v) is 6.04. The molecule has 1 saturated carbocycles. The molecule has 4 aromatic rings. The Bertz CT molecular complexity index is 1360. The van der Waals surface area contributed by atoms with Gasteiger partial charge in [0.05, 0.1) is 11.9 Å². The topological polar surface area (TPSA) is 131 Å². The second-order valence-electron chi connectivity index (χ2n) is 9.71. The molecule has 2 aliphatic heterocycles. The molecule has 3 aliphatic rings. The molecule has 6 heterocycles. The Labute approximate surface area is 195 Å². The number of hydrogen-bond donors (Lipinski definition) is 2. The van der Waals surface area contributed by atoms with Crippen LogP contribution >= 0.6 is 0 Å². The van der Waals surface area contributed by atoms with E-state index < -0.39 is 0 Å². The smallest absolute Gasteiger partial charge is 0.291 e. The van der Waals surface area contributed by atoms with E-state index in [1.54, 1.807) is 10.7 Å². The first-order chi connectivity index (χ1) is 16.7. The highest BCUT2D eigenvalue weighted by molar-refractivity contribution is 5.91. The van der Waals surface area contributed by atoms with E-state index in [0.717, 1.165) is 66.6 Å². The fourth-order valence-electron chi connectivity index (χ4n) is 6.04. The summed E-state index contributed by atoms with van der Waals surface area (Å²) in [5.74, 6) is 1.67. The molecule has 0 radical (unpaired) electrons. The number of H-pyrrole nitrogens is 1. The van der Waals surface area contributed by atoms with Gasteiger partial charge in [-0.05, 0) is 50.5 Å². The predicted octanol–water partition coefficient (Wildman–Crippen LogP) is 2.92. The average molecular weight is 456 g/mol. The van der Waals surface area contributed by atoms with Crippen molar-refractivity contribution in [2.75, 3.05) is 5.73 Å². The lowest BCUT2D eigenvalue weighted by Gasteiger charge is -2.39. The molecule has 1 unspecified atom stereocenters. The number of nitrogens with one attached hydrogen (secondary N) is 1. The maximum absolute atomic E-state index is 13.1. The molecule has 7 rings (SSSR count). The first-order valence-corrected chi connectivity index (χ1v) is 11.9. The summed E-state index contributed by atoms with van der Waals surface area (Å²) >= 11 is 0. The number of nitrogens with zero attached hydrogens (tertiary/aromatic N) is 7. The van der Waals surface area contributed by atoms with Gasteiger partial charge in [-0.3, -0.25) is 14.9 Å². The Morgan fingerprint density at radius 3 is 2.59 bits per heavy atom. The molecule has 1 aliphatic carbocycles. The average Bonchev–Trinajstić information content (AvgIpc) is 3.26. The van der Waals surface area contributed by atoms with Crippen molar-refractivity contribution in [2.24, 2.45) is 0 Å². The van der Waals surface area contributed by atoms with Gasteiger partial charge >= 0.3 is 0 Å². The maximum atomic E-state index is 13.1. The second kappa shape index (κ2) is 7.34. The van der Waals surface area contributed by atoms with Gasteiger partial charge in [-0.15, -0.1) is 0 Å². The number of carbonyl (C=O) groups is 1. The zero-order chi connectivity index (χ0) is 22.8. The zero-order valence-electron chi connectivity index (χ0n) is 18.6. The Morgan fingerprint density at radius 1 is 1.09 bits per heavy atom. The molecule has 3 fully saturated rings. The van der Waals surface area contributed by atoms with Gasteiger partial charge < -0.3 is 10.6 Å². The number of anilines is 1. The highest BCUT2D eigenvalue weighted by Crippen LogP contribution is 2.50. The van der Waals surface area contributed by atoms with Gasteiger partial charge in [-0.25, -0.2) is 9.97 Å². The quantitative estimate of drug-likeness (QED) is 0.484. The molecule has 10 heteroatoms. The number of pyridine rings is 1. The largest absolute Gasteiger partial charge is 0.383 e. The minimum absolute atomic E-state index is 0.0524. The summed E-state index contributed by atoms with van der Waals surface area (Å²) in [6, 6.07) is 4.29. The minimum atomic E-state index is -0.0524. The van der Waals surface area contributed by atoms with E-state index >= 15 is 0 Å². The summed E-state index contributed by atoms with van der Waals surface area (Å²) in [4.78, 5) is 28.7. The van der Waals surface area contributed by atoms with Gasteiger partial charge in [0.1, 0.15) is 12.1 Å². The van der Waals surface area contributed by atoms with Crippen LogP contribution in [0.4, 0.5) is 5.82 Å². The number of hydrogen-bond acceptors (Lipinski definition) is 7. The number of rotatable bonds is 4. The van der Waals surface area contributed by atoms with Gasteiger partial charge in [0.2, 0.25) is 5.82 Å². The highest BCUT2D eigenvalue weighted by atomic mass is 16.2. The number of aromatic amines is 1. The molecule has 3 N–H and O–H groups in total. The van der Waals surface area contributed by atoms with Crippen molar-refractivity contribution in [3.05, 3.63) is 54.1 Å². The van der Waals surface area contributed by atoms with Gasteiger partial charge in [-0.2, -0.15) is 14.7 Å². The van der Waals surface area contributed by atoms with Gasteiger partial charge in [-0.1, -0.05) is 6.07 Å². The maximum Gasteiger partial charge on any atom is 0.291 e. The van der Waals surface area contributed by atoms with Crippen LogP contribution in [0.2, 0.25) is 0 Å². The van der Waals surface area contributed by atoms with E-state index in [-0.39, 0.29) is 23.9 Å². The predicted molar refractivity (Wildman–Crippen MR) is 124 cm³/mol. The van der Waals surface area contributed by atoms with E-state index in [4.69, 9.17) is 10.7 Å². The molecule has 0 aromatic carbocycles. The second-order valence-corrected chi connectivity index (χ2v) is 9.71. The van der Waals surface area contributed by atoms with E-state index in [1.165, 1.54) is 6.33 Å². The number of nitrogens with two attached hydrogens (primary N) is 1. The van der Waals surface area contributed by atoms with Crippen LogP contribution in [0.25, 0.3) is 16.8 Å². The number of piperidine rings is 1. The summed E-state index contributed by atoms with van der Waals surface area (Å²) in [5, 5.41) is 11.2. The normalized spacial score (nSPS) is 24.1. The number of aromatic nitrogens is 7. The van der Waals surface area contributed by atoms with E-state index in [9.17, 15) is 4.79 Å². The number of amides is 1. The Hall–Kier alpha value is -3.82. The standard InChI is InChI=1S/C24H25N9O/c25-21-19(13-3-4-13)20(30-23-18(11-29-33(21)23)14-2-1-7-26-10-14)15-8-16-5-6-17(9-15)32(16)24(34)22-27-12-28-31-22/h1-2,7,10-13,15-17H,3-6,8-9,25H2,(H,27,28,31)/t15?,16-,17+. The molecule has 2 saturated heterocycles. The van der Waals surface area contributed by atoms with Crippen LogP contribution in [0.5, 0.6) is 0 Å². The van der Waals surface area contributed by atoms with Crippen molar-refractivity contribution < 1.29 is 4.79 Å². The van der Waals surface area contributed by atoms with Crippen molar-refractivity contribution in [2.45, 2.75) is 62.4 Å². The van der Waals surface area contributed by atoms with E-state index in [0.29, 0.717) is 17.6 Å². The summed E-state index contributed by atoms with van der Waals surface area (Å²) in [6.07, 6.45) is 12.9. The van der Waals surface area contributed by atoms with Crippen molar-refractivity contribution in [1.82, 2.24) is 39.7 Å². The SMILES string of the molecule is Nc1c(C2CC2)c(C2C[C@H]3CC[C@@H](C2)N3C(=O)c2ncn[nH]2)nc2c(-c3cccnc3)cnn12. The Kier molecular flexibility index (Phi) is 4.24. The first kappa shape index (κ1) is 19.6. The molecular weight excluding hydrogens is 430 g/mol. The van der Waals surface area contributed by atoms with Crippen LogP contribution < -0.4 is 5.73 Å². The third kappa shape index (κ3) is 2.94. The molecule has 34 heavy (non-hydrogen) atoms. The number of fused-ring (bicyclic) bond motifs is 3. The monoisotopic (exact) mass is 455 g/mol. The van der Waals surface area contributed by atoms with Crippen LogP contribution in [0.3, 0.4) is 0 Å². The third-order valence-corrected chi connectivity index (χ3v) is 7.68. The molecular formula is C24H25N9O. The number of nitrogen functional groups attached to an aromatic ring is 1. The van der Waals surface area contributed by atoms with Crippen LogP contribution in [0.15, 0.2) is 37.1 Å². The first-order valence-electron chi connectivity index (χ1n) is 11.9. The lowest BCUT2D eigenvalue weighted by atomic mass is 9.85. The lowest BCUT2D eigenvalue weighted by Crippen LogP contribution is -2.46. The zero-order valence-corrected chi connectivity index (χ0v) is 18.6. The van der Waals surface area contributed by atoms with Gasteiger partial charge in [0.15, 0.2) is 5.65 Å². The molecule has 1 amide bonds. The molecule has 0 spiro atoms. The third-order valence-electron chi connectivity index (χ3n) is 7.68. The highest BCUT2D eigenvalue weighted by Gasteiger charge is 2.46. The van der Waals surface area contributed by atoms with Crippen LogP contribution in [0.1, 0.15) is 72.2 Å². The Balaban J connectivity index is 1.29. The van der Waals surface area contributed by atoms with Crippen LogP contribution in [-0.2, 0) is 0 Å². The van der Waals surface area contributed by atoms with Gasteiger partial charge in [0.25, 0.3) is 5.91 Å². The molecule has 4 aromatic heterocycles. The molecule has 3 atom stereocenters. The van der Waals surface area contributed by atoms with Crippen LogP contribution in [-0.4, -0.2) is 57.7 Å². The summed E-state index contributed by atoms with van der Waals surface area (Å²) < 4.78 is 1.79. The molecule has 172 valence electrons. The molecule has 2 bridgehead atoms. The van der Waals surface area contributed by atoms with E-state index in [2.05, 4.69) is 25.3 Å². The fraction of sp³-hybridized carbons (Fsp3) is 0.417. The summed E-state index contributed by atoms with van der Waals surface area (Å²) in [7, 11) is 0. The summed E-state index contributed by atoms with van der Waals surface area (Å²) in [6.45, 7) is 0. The molecule has 10 nitrogen and oxygen atoms in total. The lowest BCUT2D eigenvalue weighted by molar-refractivity contribution is 0.0557. The van der Waals surface area contributed by atoms with Gasteiger partial charge in [0, 0.05) is 47.1 Å². The van der Waals surface area contributed by atoms with Crippen LogP contribution in [0, 0.1) is 0 Å². The van der Waals surface area contributed by atoms with Crippen molar-refractivity contribution in [3.63, 3.8) is 0 Å². The Morgan fingerprint density at radius 2 is 1.91 bits per heavy atom. The minimum Gasteiger partial charge on any atom is -0.383 e.